The van der Waals surface area contributed by atoms with Crippen LogP contribution in [0.3, 0.4) is 0 Å². The van der Waals surface area contributed by atoms with E-state index in [4.69, 9.17) is 11.2 Å². The van der Waals surface area contributed by atoms with Crippen LogP contribution in [-0.2, 0) is 9.59 Å². The summed E-state index contributed by atoms with van der Waals surface area (Å²) in [5.41, 5.74) is 0.630. The lowest BCUT2D eigenvalue weighted by molar-refractivity contribution is -0.146. The molecule has 1 heterocycles. The SMILES string of the molecule is C#CCOc1cccc2sc(NC(=O)[C@@H]3C4C=CC(C4)[C@@H]3C(=O)O)nc12. The average molecular weight is 368 g/mol. The van der Waals surface area contributed by atoms with E-state index in [1.807, 2.05) is 24.3 Å². The molecular weight excluding hydrogens is 352 g/mol. The summed E-state index contributed by atoms with van der Waals surface area (Å²) in [6.45, 7) is 0.135. The first-order chi connectivity index (χ1) is 12.6. The van der Waals surface area contributed by atoms with Gasteiger partial charge >= 0.3 is 5.97 Å². The maximum absolute atomic E-state index is 12.8. The largest absolute Gasteiger partial charge is 0.481 e. The monoisotopic (exact) mass is 368 g/mol. The van der Waals surface area contributed by atoms with Crippen molar-refractivity contribution < 1.29 is 19.4 Å². The third-order valence-corrected chi connectivity index (χ3v) is 5.91. The normalized spacial score (nSPS) is 26.0. The minimum absolute atomic E-state index is 0.0231. The number of carbonyl (C=O) groups excluding carboxylic acids is 1. The van der Waals surface area contributed by atoms with Gasteiger partial charge in [0.15, 0.2) is 5.13 Å². The Balaban J connectivity index is 1.57. The van der Waals surface area contributed by atoms with Crippen LogP contribution in [0.5, 0.6) is 5.75 Å². The average Bonchev–Trinajstić information content (AvgIpc) is 3.32. The summed E-state index contributed by atoms with van der Waals surface area (Å²) in [6, 6.07) is 5.48. The Labute approximate surface area is 153 Å². The summed E-state index contributed by atoms with van der Waals surface area (Å²) in [7, 11) is 0. The van der Waals surface area contributed by atoms with Gasteiger partial charge in [-0.15, -0.1) is 6.42 Å². The van der Waals surface area contributed by atoms with Crippen LogP contribution < -0.4 is 10.1 Å². The number of hydrogen-bond donors (Lipinski definition) is 2. The van der Waals surface area contributed by atoms with Crippen molar-refractivity contribution in [3.63, 3.8) is 0 Å². The number of terminal acetylenes is 1. The Hall–Kier alpha value is -2.85. The standard InChI is InChI=1S/C19H16N2O4S/c1-2-8-25-12-4-3-5-13-16(12)20-19(26-13)21-17(22)14-10-6-7-11(9-10)15(14)18(23)24/h1,3-7,10-11,14-15H,8-9H2,(H,23,24)(H,20,21,22)/t10?,11?,14-,15+/m1/s1. The van der Waals surface area contributed by atoms with Crippen LogP contribution in [0.1, 0.15) is 6.42 Å². The molecule has 4 rings (SSSR count). The van der Waals surface area contributed by atoms with E-state index >= 15 is 0 Å². The zero-order valence-corrected chi connectivity index (χ0v) is 14.5. The Morgan fingerprint density at radius 3 is 2.85 bits per heavy atom. The molecule has 2 N–H and O–H groups in total. The number of nitrogens with one attached hydrogen (secondary N) is 1. The molecule has 2 aliphatic carbocycles. The summed E-state index contributed by atoms with van der Waals surface area (Å²) in [4.78, 5) is 28.8. The zero-order chi connectivity index (χ0) is 18.3. The number of nitrogens with zero attached hydrogens (tertiary/aromatic N) is 1. The molecule has 2 aliphatic rings. The molecule has 0 aliphatic heterocycles. The number of hydrogen-bond acceptors (Lipinski definition) is 5. The number of carbonyl (C=O) groups is 2. The molecule has 4 atom stereocenters. The number of aliphatic carboxylic acids is 1. The fourth-order valence-electron chi connectivity index (χ4n) is 3.92. The highest BCUT2D eigenvalue weighted by atomic mass is 32.1. The van der Waals surface area contributed by atoms with Gasteiger partial charge in [-0.25, -0.2) is 4.98 Å². The summed E-state index contributed by atoms with van der Waals surface area (Å²) >= 11 is 1.32. The van der Waals surface area contributed by atoms with Crippen LogP contribution in [-0.4, -0.2) is 28.6 Å². The minimum atomic E-state index is -0.920. The second kappa shape index (κ2) is 6.46. The highest BCUT2D eigenvalue weighted by Crippen LogP contribution is 2.48. The van der Waals surface area contributed by atoms with Gasteiger partial charge in [0.05, 0.1) is 16.5 Å². The fraction of sp³-hybridized carbons (Fsp3) is 0.316. The molecule has 7 heteroatoms. The third kappa shape index (κ3) is 2.72. The van der Waals surface area contributed by atoms with Crippen molar-refractivity contribution >= 4 is 38.6 Å². The number of carboxylic acids is 1. The number of fused-ring (bicyclic) bond motifs is 3. The molecule has 0 spiro atoms. The molecule has 0 saturated heterocycles. The van der Waals surface area contributed by atoms with Crippen LogP contribution in [0.25, 0.3) is 10.2 Å². The lowest BCUT2D eigenvalue weighted by Gasteiger charge is -2.23. The highest BCUT2D eigenvalue weighted by Gasteiger charge is 2.51. The second-order valence-corrected chi connectivity index (χ2v) is 7.47. The topological polar surface area (TPSA) is 88.5 Å². The summed E-state index contributed by atoms with van der Waals surface area (Å²) in [6.07, 6.45) is 9.82. The molecule has 2 bridgehead atoms. The van der Waals surface area contributed by atoms with Crippen molar-refractivity contribution in [2.45, 2.75) is 6.42 Å². The van der Waals surface area contributed by atoms with E-state index in [-0.39, 0.29) is 24.3 Å². The van der Waals surface area contributed by atoms with E-state index in [0.717, 1.165) is 11.1 Å². The number of amides is 1. The Morgan fingerprint density at radius 1 is 1.35 bits per heavy atom. The van der Waals surface area contributed by atoms with E-state index in [1.54, 1.807) is 6.07 Å². The number of allylic oxidation sites excluding steroid dienone is 2. The van der Waals surface area contributed by atoms with Gasteiger partial charge < -0.3 is 15.2 Å². The van der Waals surface area contributed by atoms with Gasteiger partial charge in [0.2, 0.25) is 5.91 Å². The van der Waals surface area contributed by atoms with Gasteiger partial charge in [-0.2, -0.15) is 0 Å². The fourth-order valence-corrected chi connectivity index (χ4v) is 4.80. The number of aromatic nitrogens is 1. The predicted octanol–water partition coefficient (Wildman–Crippen LogP) is 2.77. The lowest BCUT2D eigenvalue weighted by Crippen LogP contribution is -2.36. The van der Waals surface area contributed by atoms with Gasteiger partial charge in [0, 0.05) is 0 Å². The van der Waals surface area contributed by atoms with Crippen molar-refractivity contribution in [2.24, 2.45) is 23.7 Å². The molecule has 0 radical (unpaired) electrons. The molecule has 2 unspecified atom stereocenters. The molecule has 6 nitrogen and oxygen atoms in total. The summed E-state index contributed by atoms with van der Waals surface area (Å²) < 4.78 is 6.34. The molecule has 1 aromatic heterocycles. The van der Waals surface area contributed by atoms with Gasteiger partial charge in [-0.3, -0.25) is 9.59 Å². The number of rotatable bonds is 5. The van der Waals surface area contributed by atoms with Crippen LogP contribution >= 0.6 is 11.3 Å². The van der Waals surface area contributed by atoms with E-state index in [9.17, 15) is 14.7 Å². The number of carboxylic acid groups (broad SMARTS) is 1. The van der Waals surface area contributed by atoms with Crippen molar-refractivity contribution in [3.05, 3.63) is 30.4 Å². The first-order valence-electron chi connectivity index (χ1n) is 8.26. The van der Waals surface area contributed by atoms with Crippen molar-refractivity contribution in [3.8, 4) is 18.1 Å². The van der Waals surface area contributed by atoms with Crippen LogP contribution in [0.2, 0.25) is 0 Å². The Bertz CT molecular complexity index is 958. The Morgan fingerprint density at radius 2 is 2.12 bits per heavy atom. The highest BCUT2D eigenvalue weighted by molar-refractivity contribution is 7.22. The maximum Gasteiger partial charge on any atom is 0.307 e. The van der Waals surface area contributed by atoms with E-state index in [0.29, 0.717) is 16.4 Å². The molecule has 132 valence electrons. The predicted molar refractivity (Wildman–Crippen MR) is 97.9 cm³/mol. The van der Waals surface area contributed by atoms with Crippen molar-refractivity contribution in [1.29, 1.82) is 0 Å². The molecule has 1 fully saturated rings. The van der Waals surface area contributed by atoms with Crippen molar-refractivity contribution in [2.75, 3.05) is 11.9 Å². The van der Waals surface area contributed by atoms with E-state index < -0.39 is 17.8 Å². The van der Waals surface area contributed by atoms with E-state index in [1.165, 1.54) is 11.3 Å². The van der Waals surface area contributed by atoms with Gasteiger partial charge in [-0.05, 0) is 30.4 Å². The molecule has 1 amide bonds. The smallest absolute Gasteiger partial charge is 0.307 e. The minimum Gasteiger partial charge on any atom is -0.481 e. The number of benzene rings is 1. The van der Waals surface area contributed by atoms with Crippen LogP contribution in [0, 0.1) is 36.0 Å². The lowest BCUT2D eigenvalue weighted by atomic mass is 9.82. The molecular formula is C19H16N2O4S. The molecule has 1 aromatic carbocycles. The molecule has 26 heavy (non-hydrogen) atoms. The van der Waals surface area contributed by atoms with Gasteiger partial charge in [0.1, 0.15) is 17.9 Å². The van der Waals surface area contributed by atoms with E-state index in [2.05, 4.69) is 16.2 Å². The molecule has 2 aromatic rings. The number of thiazole rings is 1. The van der Waals surface area contributed by atoms with Crippen molar-refractivity contribution in [1.82, 2.24) is 4.98 Å². The summed E-state index contributed by atoms with van der Waals surface area (Å²) in [5, 5.41) is 12.7. The zero-order valence-electron chi connectivity index (χ0n) is 13.7. The number of ether oxygens (including phenoxy) is 1. The summed E-state index contributed by atoms with van der Waals surface area (Å²) in [5.74, 6) is 0.435. The first kappa shape index (κ1) is 16.6. The number of para-hydroxylation sites is 1. The third-order valence-electron chi connectivity index (χ3n) is 4.97. The second-order valence-electron chi connectivity index (χ2n) is 6.44. The van der Waals surface area contributed by atoms with Gasteiger partial charge in [0.25, 0.3) is 0 Å². The Kier molecular flexibility index (Phi) is 4.13. The van der Waals surface area contributed by atoms with Crippen LogP contribution in [0.4, 0.5) is 5.13 Å². The number of anilines is 1. The molecule has 1 saturated carbocycles. The maximum atomic E-state index is 12.8. The first-order valence-corrected chi connectivity index (χ1v) is 9.08. The van der Waals surface area contributed by atoms with Crippen LogP contribution in [0.15, 0.2) is 30.4 Å². The quantitative estimate of drug-likeness (QED) is 0.626. The van der Waals surface area contributed by atoms with Gasteiger partial charge in [-0.1, -0.05) is 35.5 Å².